The number of unbranched alkanes of at least 4 members (excludes halogenated alkanes) is 8. The highest BCUT2D eigenvalue weighted by Crippen LogP contribution is 2.30. The molecule has 1 fully saturated rings. The van der Waals surface area contributed by atoms with E-state index in [0.29, 0.717) is 5.92 Å². The molecule has 1 heterocycles. The topological polar surface area (TPSA) is 27.7 Å². The Morgan fingerprint density at radius 2 is 1.21 bits per heavy atom. The van der Waals surface area contributed by atoms with Gasteiger partial charge in [-0.3, -0.25) is 0 Å². The molecule has 3 nitrogen and oxygen atoms in total. The predicted octanol–water partition coefficient (Wildman–Crippen LogP) is 8.72. The molecule has 0 unspecified atom stereocenters. The molecule has 3 heteroatoms. The average Bonchev–Trinajstić information content (AvgIpc) is 2.87. The van der Waals surface area contributed by atoms with Gasteiger partial charge in [-0.25, -0.2) is 0 Å². The minimum absolute atomic E-state index is 0.233. The summed E-state index contributed by atoms with van der Waals surface area (Å²) in [6, 6.07) is 17.0. The molecule has 1 saturated heterocycles. The highest BCUT2D eigenvalue weighted by atomic mass is 16.7. The monoisotopic (exact) mass is 452 g/mol. The van der Waals surface area contributed by atoms with Gasteiger partial charge in [-0.15, -0.1) is 0 Å². The van der Waals surface area contributed by atoms with Crippen LogP contribution in [-0.4, -0.2) is 19.8 Å². The summed E-state index contributed by atoms with van der Waals surface area (Å²) in [5, 5.41) is 0. The fraction of sp³-hybridized carbons (Fsp3) is 0.600. The lowest BCUT2D eigenvalue weighted by Crippen LogP contribution is -2.27. The second-order valence-corrected chi connectivity index (χ2v) is 9.48. The molecule has 0 saturated carbocycles. The first-order chi connectivity index (χ1) is 16.3. The molecule has 0 N–H and O–H groups in total. The van der Waals surface area contributed by atoms with Crippen molar-refractivity contribution in [1.29, 1.82) is 0 Å². The molecule has 0 aromatic heterocycles. The van der Waals surface area contributed by atoms with Crippen LogP contribution in [0.2, 0.25) is 0 Å². The van der Waals surface area contributed by atoms with Crippen molar-refractivity contribution < 1.29 is 14.2 Å². The van der Waals surface area contributed by atoms with E-state index in [1.165, 1.54) is 75.3 Å². The minimum Gasteiger partial charge on any atom is -0.494 e. The zero-order valence-electron chi connectivity index (χ0n) is 20.9. The van der Waals surface area contributed by atoms with Crippen molar-refractivity contribution in [2.24, 2.45) is 5.92 Å². The second-order valence-electron chi connectivity index (χ2n) is 9.48. The van der Waals surface area contributed by atoms with Gasteiger partial charge in [0.25, 0.3) is 0 Å². The van der Waals surface area contributed by atoms with Crippen LogP contribution in [0.3, 0.4) is 0 Å². The standard InChI is InChI=1S/C30H44O3/c1-3-5-7-9-11-13-25-23-32-30(33-24-25)28-16-14-26(15-17-28)27-18-20-29(21-19-27)31-22-12-10-8-6-4-2/h14-21,25,30H,3-13,22-24H2,1-2H3/t25-,30-. The summed E-state index contributed by atoms with van der Waals surface area (Å²) in [5.74, 6) is 1.49. The van der Waals surface area contributed by atoms with E-state index >= 15 is 0 Å². The summed E-state index contributed by atoms with van der Waals surface area (Å²) in [7, 11) is 0. The second kappa shape index (κ2) is 15.1. The number of benzene rings is 2. The Morgan fingerprint density at radius 3 is 1.82 bits per heavy atom. The van der Waals surface area contributed by atoms with Crippen LogP contribution in [0.4, 0.5) is 0 Å². The number of ether oxygens (including phenoxy) is 3. The van der Waals surface area contributed by atoms with E-state index in [0.717, 1.165) is 37.6 Å². The molecular weight excluding hydrogens is 408 g/mol. The van der Waals surface area contributed by atoms with Crippen molar-refractivity contribution >= 4 is 0 Å². The third-order valence-corrected chi connectivity index (χ3v) is 6.57. The maximum absolute atomic E-state index is 6.05. The minimum atomic E-state index is -0.233. The molecule has 1 aliphatic heterocycles. The Balaban J connectivity index is 1.39. The lowest BCUT2D eigenvalue weighted by Gasteiger charge is -2.29. The largest absolute Gasteiger partial charge is 0.494 e. The average molecular weight is 453 g/mol. The first kappa shape index (κ1) is 25.8. The zero-order valence-corrected chi connectivity index (χ0v) is 20.9. The summed E-state index contributed by atoms with van der Waals surface area (Å²) in [4.78, 5) is 0. The SMILES string of the molecule is CCCCCCCOc1ccc(-c2ccc([C@H]3OC[C@H](CCCCCCC)CO3)cc2)cc1. The smallest absolute Gasteiger partial charge is 0.183 e. The Labute approximate surface area is 201 Å². The maximum atomic E-state index is 6.05. The molecule has 0 aliphatic carbocycles. The molecule has 1 aliphatic rings. The molecule has 2 aromatic carbocycles. The lowest BCUT2D eigenvalue weighted by molar-refractivity contribution is -0.206. The summed E-state index contributed by atoms with van der Waals surface area (Å²) in [6.45, 7) is 6.92. The van der Waals surface area contributed by atoms with Gasteiger partial charge in [-0.05, 0) is 36.1 Å². The van der Waals surface area contributed by atoms with Gasteiger partial charge < -0.3 is 14.2 Å². The predicted molar refractivity (Wildman–Crippen MR) is 138 cm³/mol. The third-order valence-electron chi connectivity index (χ3n) is 6.57. The summed E-state index contributed by atoms with van der Waals surface area (Å²) >= 11 is 0. The van der Waals surface area contributed by atoms with Crippen LogP contribution in [0.5, 0.6) is 5.75 Å². The molecule has 0 bridgehead atoms. The van der Waals surface area contributed by atoms with Gasteiger partial charge in [0, 0.05) is 11.5 Å². The molecule has 0 radical (unpaired) electrons. The van der Waals surface area contributed by atoms with E-state index in [1.807, 2.05) is 0 Å². The molecule has 0 amide bonds. The van der Waals surface area contributed by atoms with Crippen LogP contribution in [0.25, 0.3) is 11.1 Å². The fourth-order valence-electron chi connectivity index (χ4n) is 4.41. The Kier molecular flexibility index (Phi) is 11.8. The van der Waals surface area contributed by atoms with E-state index in [-0.39, 0.29) is 6.29 Å². The van der Waals surface area contributed by atoms with Gasteiger partial charge in [-0.2, -0.15) is 0 Å². The normalized spacial score (nSPS) is 18.4. The Bertz CT molecular complexity index is 745. The molecule has 0 spiro atoms. The number of hydrogen-bond donors (Lipinski definition) is 0. The van der Waals surface area contributed by atoms with E-state index in [4.69, 9.17) is 14.2 Å². The number of hydrogen-bond acceptors (Lipinski definition) is 3. The molecule has 0 atom stereocenters. The van der Waals surface area contributed by atoms with Crippen LogP contribution >= 0.6 is 0 Å². The van der Waals surface area contributed by atoms with Gasteiger partial charge in [-0.1, -0.05) is 108 Å². The maximum Gasteiger partial charge on any atom is 0.183 e. The van der Waals surface area contributed by atoms with E-state index in [2.05, 4.69) is 62.4 Å². The Hall–Kier alpha value is -1.84. The Morgan fingerprint density at radius 1 is 0.667 bits per heavy atom. The fourth-order valence-corrected chi connectivity index (χ4v) is 4.41. The van der Waals surface area contributed by atoms with Crippen molar-refractivity contribution in [1.82, 2.24) is 0 Å². The van der Waals surface area contributed by atoms with Gasteiger partial charge >= 0.3 is 0 Å². The lowest BCUT2D eigenvalue weighted by atomic mass is 10.0. The molecule has 3 rings (SSSR count). The molecule has 182 valence electrons. The van der Waals surface area contributed by atoms with Crippen LogP contribution in [0.15, 0.2) is 48.5 Å². The van der Waals surface area contributed by atoms with Crippen molar-refractivity contribution in [3.63, 3.8) is 0 Å². The third kappa shape index (κ3) is 9.14. The van der Waals surface area contributed by atoms with Crippen molar-refractivity contribution in [3.05, 3.63) is 54.1 Å². The van der Waals surface area contributed by atoms with E-state index < -0.39 is 0 Å². The molecule has 2 aromatic rings. The van der Waals surface area contributed by atoms with Crippen LogP contribution in [0.1, 0.15) is 96.3 Å². The summed E-state index contributed by atoms with van der Waals surface area (Å²) in [5.41, 5.74) is 3.50. The summed E-state index contributed by atoms with van der Waals surface area (Å²) in [6.07, 6.45) is 13.9. The van der Waals surface area contributed by atoms with Gasteiger partial charge in [0.15, 0.2) is 6.29 Å². The van der Waals surface area contributed by atoms with E-state index in [1.54, 1.807) is 0 Å². The molecule has 33 heavy (non-hydrogen) atoms. The zero-order chi connectivity index (χ0) is 23.1. The number of rotatable bonds is 15. The highest BCUT2D eigenvalue weighted by molar-refractivity contribution is 5.64. The first-order valence-electron chi connectivity index (χ1n) is 13.4. The van der Waals surface area contributed by atoms with E-state index in [9.17, 15) is 0 Å². The van der Waals surface area contributed by atoms with Gasteiger partial charge in [0.1, 0.15) is 5.75 Å². The highest BCUT2D eigenvalue weighted by Gasteiger charge is 2.23. The van der Waals surface area contributed by atoms with Crippen molar-refractivity contribution in [3.8, 4) is 16.9 Å². The van der Waals surface area contributed by atoms with Crippen LogP contribution < -0.4 is 4.74 Å². The first-order valence-corrected chi connectivity index (χ1v) is 13.4. The van der Waals surface area contributed by atoms with Crippen LogP contribution in [0, 0.1) is 5.92 Å². The van der Waals surface area contributed by atoms with Gasteiger partial charge in [0.05, 0.1) is 19.8 Å². The molecular formula is C30H44O3. The van der Waals surface area contributed by atoms with Crippen molar-refractivity contribution in [2.45, 2.75) is 90.8 Å². The quantitative estimate of drug-likeness (QED) is 0.253. The van der Waals surface area contributed by atoms with Gasteiger partial charge in [0.2, 0.25) is 0 Å². The summed E-state index contributed by atoms with van der Waals surface area (Å²) < 4.78 is 18.0. The van der Waals surface area contributed by atoms with Crippen molar-refractivity contribution in [2.75, 3.05) is 19.8 Å². The van der Waals surface area contributed by atoms with Crippen LogP contribution in [-0.2, 0) is 9.47 Å².